The predicted octanol–water partition coefficient (Wildman–Crippen LogP) is 2.75. The van der Waals surface area contributed by atoms with Crippen LogP contribution in [0.1, 0.15) is 23.7 Å². The van der Waals surface area contributed by atoms with Crippen LogP contribution in [0.2, 0.25) is 0 Å². The highest BCUT2D eigenvalue weighted by atomic mass is 15.4. The minimum absolute atomic E-state index is 0.511. The molecule has 0 unspecified atom stereocenters. The maximum Gasteiger partial charge on any atom is 0.207 e. The lowest BCUT2D eigenvalue weighted by atomic mass is 10.1. The molecule has 104 valence electrons. The molecule has 0 saturated carbocycles. The van der Waals surface area contributed by atoms with E-state index in [0.29, 0.717) is 5.95 Å². The van der Waals surface area contributed by atoms with Gasteiger partial charge in [0, 0.05) is 6.54 Å². The maximum absolute atomic E-state index is 6.15. The Morgan fingerprint density at radius 3 is 2.65 bits per heavy atom. The van der Waals surface area contributed by atoms with E-state index in [1.165, 1.54) is 11.1 Å². The van der Waals surface area contributed by atoms with Gasteiger partial charge in [0.1, 0.15) is 5.52 Å². The first-order valence-corrected chi connectivity index (χ1v) is 6.82. The molecule has 2 heterocycles. The van der Waals surface area contributed by atoms with E-state index < -0.39 is 0 Å². The Balaban J connectivity index is 2.41. The summed E-state index contributed by atoms with van der Waals surface area (Å²) >= 11 is 0. The van der Waals surface area contributed by atoms with Crippen molar-refractivity contribution in [3.05, 3.63) is 35.0 Å². The number of benzene rings is 1. The fraction of sp³-hybridized carbons (Fsp3) is 0.333. The molecular formula is C15H19N5. The molecule has 0 aliphatic carbocycles. The SMILES string of the molecule is CCn1nc(C)c2nc(N)n(-c3cccc(C)c3C)c21. The highest BCUT2D eigenvalue weighted by Gasteiger charge is 2.19. The topological polar surface area (TPSA) is 61.7 Å². The Bertz CT molecular complexity index is 794. The number of nitrogen functional groups attached to an aromatic ring is 1. The van der Waals surface area contributed by atoms with Crippen molar-refractivity contribution >= 4 is 17.1 Å². The van der Waals surface area contributed by atoms with Crippen molar-refractivity contribution < 1.29 is 0 Å². The van der Waals surface area contributed by atoms with Crippen molar-refractivity contribution in [2.75, 3.05) is 5.73 Å². The molecule has 0 amide bonds. The van der Waals surface area contributed by atoms with Gasteiger partial charge < -0.3 is 5.73 Å². The van der Waals surface area contributed by atoms with E-state index in [4.69, 9.17) is 5.73 Å². The number of fused-ring (bicyclic) bond motifs is 1. The van der Waals surface area contributed by atoms with Gasteiger partial charge in [-0.15, -0.1) is 0 Å². The van der Waals surface area contributed by atoms with Crippen LogP contribution in [-0.2, 0) is 6.54 Å². The van der Waals surface area contributed by atoms with E-state index >= 15 is 0 Å². The third kappa shape index (κ3) is 1.62. The van der Waals surface area contributed by atoms with E-state index in [1.807, 2.05) is 22.2 Å². The van der Waals surface area contributed by atoms with Crippen molar-refractivity contribution in [3.63, 3.8) is 0 Å². The average Bonchev–Trinajstić information content (AvgIpc) is 2.90. The molecule has 0 aliphatic heterocycles. The summed E-state index contributed by atoms with van der Waals surface area (Å²) in [6.45, 7) is 9.04. The Morgan fingerprint density at radius 2 is 1.95 bits per heavy atom. The molecule has 3 aromatic rings. The summed E-state index contributed by atoms with van der Waals surface area (Å²) in [7, 11) is 0. The molecule has 0 bridgehead atoms. The second-order valence-corrected chi connectivity index (χ2v) is 5.10. The summed E-state index contributed by atoms with van der Waals surface area (Å²) in [5, 5.41) is 4.53. The zero-order chi connectivity index (χ0) is 14.4. The fourth-order valence-electron chi connectivity index (χ4n) is 2.62. The van der Waals surface area contributed by atoms with Gasteiger partial charge in [0.05, 0.1) is 11.4 Å². The van der Waals surface area contributed by atoms with Gasteiger partial charge in [0.25, 0.3) is 0 Å². The monoisotopic (exact) mass is 269 g/mol. The number of aromatic nitrogens is 4. The molecule has 5 heteroatoms. The minimum atomic E-state index is 0.511. The van der Waals surface area contributed by atoms with E-state index in [0.717, 1.165) is 29.1 Å². The molecule has 2 aromatic heterocycles. The Hall–Kier alpha value is -2.30. The molecular weight excluding hydrogens is 250 g/mol. The summed E-state index contributed by atoms with van der Waals surface area (Å²) in [5.74, 6) is 0.511. The normalized spacial score (nSPS) is 11.4. The number of rotatable bonds is 2. The summed E-state index contributed by atoms with van der Waals surface area (Å²) in [6.07, 6.45) is 0. The van der Waals surface area contributed by atoms with Crippen LogP contribution in [-0.4, -0.2) is 19.3 Å². The quantitative estimate of drug-likeness (QED) is 0.778. The summed E-state index contributed by atoms with van der Waals surface area (Å²) in [6, 6.07) is 6.22. The van der Waals surface area contributed by atoms with Crippen molar-refractivity contribution in [1.82, 2.24) is 19.3 Å². The van der Waals surface area contributed by atoms with Crippen molar-refractivity contribution in [2.24, 2.45) is 0 Å². The van der Waals surface area contributed by atoms with Gasteiger partial charge in [-0.1, -0.05) is 12.1 Å². The van der Waals surface area contributed by atoms with Crippen LogP contribution < -0.4 is 5.73 Å². The van der Waals surface area contributed by atoms with Crippen LogP contribution in [0.3, 0.4) is 0 Å². The zero-order valence-electron chi connectivity index (χ0n) is 12.3. The van der Waals surface area contributed by atoms with Crippen molar-refractivity contribution in [3.8, 4) is 5.69 Å². The molecule has 0 radical (unpaired) electrons. The van der Waals surface area contributed by atoms with E-state index in [-0.39, 0.29) is 0 Å². The molecule has 0 saturated heterocycles. The molecule has 0 fully saturated rings. The molecule has 5 nitrogen and oxygen atoms in total. The first-order chi connectivity index (χ1) is 9.54. The van der Waals surface area contributed by atoms with Crippen LogP contribution in [0.25, 0.3) is 16.9 Å². The summed E-state index contributed by atoms with van der Waals surface area (Å²) < 4.78 is 3.96. The zero-order valence-corrected chi connectivity index (χ0v) is 12.3. The number of imidazole rings is 1. The van der Waals surface area contributed by atoms with E-state index in [1.54, 1.807) is 0 Å². The molecule has 0 atom stereocenters. The van der Waals surface area contributed by atoms with Gasteiger partial charge in [-0.05, 0) is 44.9 Å². The minimum Gasteiger partial charge on any atom is -0.369 e. The van der Waals surface area contributed by atoms with E-state index in [2.05, 4.69) is 43.0 Å². The van der Waals surface area contributed by atoms with Crippen LogP contribution in [0.15, 0.2) is 18.2 Å². The Kier molecular flexibility index (Phi) is 2.78. The lowest BCUT2D eigenvalue weighted by Crippen LogP contribution is -2.08. The third-order valence-electron chi connectivity index (χ3n) is 3.85. The van der Waals surface area contributed by atoms with Crippen molar-refractivity contribution in [1.29, 1.82) is 0 Å². The van der Waals surface area contributed by atoms with Crippen molar-refractivity contribution in [2.45, 2.75) is 34.2 Å². The first kappa shape index (κ1) is 12.7. The number of anilines is 1. The third-order valence-corrected chi connectivity index (χ3v) is 3.85. The average molecular weight is 269 g/mol. The Morgan fingerprint density at radius 1 is 1.20 bits per heavy atom. The van der Waals surface area contributed by atoms with Gasteiger partial charge in [-0.3, -0.25) is 4.57 Å². The summed E-state index contributed by atoms with van der Waals surface area (Å²) in [5.41, 5.74) is 12.4. The highest BCUT2D eigenvalue weighted by Crippen LogP contribution is 2.28. The summed E-state index contributed by atoms with van der Waals surface area (Å²) in [4.78, 5) is 4.49. The number of aryl methyl sites for hydroxylation is 3. The largest absolute Gasteiger partial charge is 0.369 e. The molecule has 1 aromatic carbocycles. The highest BCUT2D eigenvalue weighted by molar-refractivity contribution is 5.80. The van der Waals surface area contributed by atoms with E-state index in [9.17, 15) is 0 Å². The molecule has 0 aliphatic rings. The molecule has 0 spiro atoms. The van der Waals surface area contributed by atoms with Crippen LogP contribution in [0.4, 0.5) is 5.95 Å². The van der Waals surface area contributed by atoms with Gasteiger partial charge in [0.2, 0.25) is 5.95 Å². The first-order valence-electron chi connectivity index (χ1n) is 6.82. The number of hydrogen-bond acceptors (Lipinski definition) is 3. The van der Waals surface area contributed by atoms with Crippen LogP contribution in [0, 0.1) is 20.8 Å². The number of nitrogens with two attached hydrogens (primary N) is 1. The second-order valence-electron chi connectivity index (χ2n) is 5.10. The van der Waals surface area contributed by atoms with Gasteiger partial charge in [-0.25, -0.2) is 9.67 Å². The van der Waals surface area contributed by atoms with Gasteiger partial charge in [0.15, 0.2) is 5.65 Å². The molecule has 20 heavy (non-hydrogen) atoms. The lowest BCUT2D eigenvalue weighted by molar-refractivity contribution is 0.663. The predicted molar refractivity (Wildman–Crippen MR) is 81.2 cm³/mol. The molecule has 3 rings (SSSR count). The second kappa shape index (κ2) is 4.37. The number of nitrogens with zero attached hydrogens (tertiary/aromatic N) is 4. The smallest absolute Gasteiger partial charge is 0.207 e. The lowest BCUT2D eigenvalue weighted by Gasteiger charge is -2.12. The Labute approximate surface area is 118 Å². The standard InChI is InChI=1S/C15H19N5/c1-5-19-14-13(11(4)18-19)17-15(16)20(14)12-8-6-7-9(2)10(12)3/h6-8H,5H2,1-4H3,(H2,16,17). The maximum atomic E-state index is 6.15. The van der Waals surface area contributed by atoms with Crippen LogP contribution >= 0.6 is 0 Å². The number of hydrogen-bond donors (Lipinski definition) is 1. The van der Waals surface area contributed by atoms with Gasteiger partial charge in [-0.2, -0.15) is 5.10 Å². The van der Waals surface area contributed by atoms with Gasteiger partial charge >= 0.3 is 0 Å². The molecule has 2 N–H and O–H groups in total. The fourth-order valence-corrected chi connectivity index (χ4v) is 2.62. The van der Waals surface area contributed by atoms with Crippen LogP contribution in [0.5, 0.6) is 0 Å².